The number of halogens is 2. The van der Waals surface area contributed by atoms with Gasteiger partial charge in [-0.15, -0.1) is 0 Å². The Labute approximate surface area is 141 Å². The molecule has 0 N–H and O–H groups in total. The Hall–Kier alpha value is -0.880. The summed E-state index contributed by atoms with van der Waals surface area (Å²) in [5, 5.41) is 0. The highest BCUT2D eigenvalue weighted by atomic mass is 127. The van der Waals surface area contributed by atoms with Crippen LogP contribution < -0.4 is 4.90 Å². The predicted molar refractivity (Wildman–Crippen MR) is 95.4 cm³/mol. The SMILES string of the molecule is CCN(C(=O)c1cc(I)ccc1Br)c1cccc(C)c1. The van der Waals surface area contributed by atoms with Gasteiger partial charge in [0.15, 0.2) is 0 Å². The average Bonchev–Trinajstić information content (AvgIpc) is 2.42. The number of nitrogens with zero attached hydrogens (tertiary/aromatic N) is 1. The van der Waals surface area contributed by atoms with Crippen molar-refractivity contribution in [3.05, 3.63) is 61.6 Å². The topological polar surface area (TPSA) is 20.3 Å². The zero-order valence-corrected chi connectivity index (χ0v) is 15.1. The highest BCUT2D eigenvalue weighted by Gasteiger charge is 2.18. The first-order chi connectivity index (χ1) is 9.52. The molecule has 2 aromatic rings. The molecule has 0 aromatic heterocycles. The zero-order valence-electron chi connectivity index (χ0n) is 11.4. The molecular weight excluding hydrogens is 429 g/mol. The van der Waals surface area contributed by atoms with Gasteiger partial charge in [-0.3, -0.25) is 4.79 Å². The second kappa shape index (κ2) is 6.72. The number of hydrogen-bond donors (Lipinski definition) is 0. The normalized spacial score (nSPS) is 10.4. The number of anilines is 1. The summed E-state index contributed by atoms with van der Waals surface area (Å²) in [7, 11) is 0. The lowest BCUT2D eigenvalue weighted by atomic mass is 10.1. The Morgan fingerprint density at radius 3 is 2.65 bits per heavy atom. The van der Waals surface area contributed by atoms with Crippen molar-refractivity contribution >= 4 is 50.1 Å². The van der Waals surface area contributed by atoms with Crippen LogP contribution in [-0.2, 0) is 0 Å². The van der Waals surface area contributed by atoms with Gasteiger partial charge in [0, 0.05) is 20.3 Å². The zero-order chi connectivity index (χ0) is 14.7. The van der Waals surface area contributed by atoms with E-state index in [0.29, 0.717) is 12.1 Å². The van der Waals surface area contributed by atoms with Crippen LogP contribution in [0.5, 0.6) is 0 Å². The molecule has 2 nitrogen and oxygen atoms in total. The van der Waals surface area contributed by atoms with Crippen LogP contribution in [0.4, 0.5) is 5.69 Å². The minimum atomic E-state index is 0.0171. The van der Waals surface area contributed by atoms with E-state index in [9.17, 15) is 4.79 Å². The van der Waals surface area contributed by atoms with Gasteiger partial charge in [0.05, 0.1) is 5.56 Å². The first kappa shape index (κ1) is 15.5. The van der Waals surface area contributed by atoms with Crippen LogP contribution in [-0.4, -0.2) is 12.5 Å². The van der Waals surface area contributed by atoms with E-state index in [2.05, 4.69) is 38.5 Å². The van der Waals surface area contributed by atoms with Crippen LogP contribution in [0.2, 0.25) is 0 Å². The average molecular weight is 444 g/mol. The highest BCUT2D eigenvalue weighted by Crippen LogP contribution is 2.24. The van der Waals surface area contributed by atoms with E-state index >= 15 is 0 Å². The minimum absolute atomic E-state index is 0.0171. The molecule has 0 aliphatic carbocycles. The number of amides is 1. The van der Waals surface area contributed by atoms with Crippen molar-refractivity contribution in [1.29, 1.82) is 0 Å². The van der Waals surface area contributed by atoms with Crippen molar-refractivity contribution in [3.63, 3.8) is 0 Å². The van der Waals surface area contributed by atoms with Gasteiger partial charge in [-0.05, 0) is 88.3 Å². The third-order valence-corrected chi connectivity index (χ3v) is 4.40. The van der Waals surface area contributed by atoms with E-state index in [4.69, 9.17) is 0 Å². The molecule has 0 radical (unpaired) electrons. The molecule has 0 heterocycles. The number of benzene rings is 2. The lowest BCUT2D eigenvalue weighted by Gasteiger charge is -2.22. The van der Waals surface area contributed by atoms with E-state index in [1.54, 1.807) is 4.90 Å². The maximum Gasteiger partial charge on any atom is 0.259 e. The Kier molecular flexibility index (Phi) is 5.21. The summed E-state index contributed by atoms with van der Waals surface area (Å²) in [5.41, 5.74) is 2.78. The molecule has 20 heavy (non-hydrogen) atoms. The maximum atomic E-state index is 12.8. The largest absolute Gasteiger partial charge is 0.309 e. The maximum absolute atomic E-state index is 12.8. The van der Waals surface area contributed by atoms with Crippen LogP contribution in [0, 0.1) is 10.5 Å². The molecular formula is C16H15BrINO. The van der Waals surface area contributed by atoms with Crippen LogP contribution in [0.1, 0.15) is 22.8 Å². The number of carbonyl (C=O) groups excluding carboxylic acids is 1. The number of aryl methyl sites for hydroxylation is 1. The molecule has 0 atom stereocenters. The van der Waals surface area contributed by atoms with Gasteiger partial charge in [0.2, 0.25) is 0 Å². The third kappa shape index (κ3) is 3.41. The molecule has 1 amide bonds. The first-order valence-electron chi connectivity index (χ1n) is 6.36. The summed E-state index contributed by atoms with van der Waals surface area (Å²) in [6.45, 7) is 4.66. The van der Waals surface area contributed by atoms with Crippen molar-refractivity contribution in [2.24, 2.45) is 0 Å². The molecule has 0 spiro atoms. The van der Waals surface area contributed by atoms with Crippen molar-refractivity contribution in [3.8, 4) is 0 Å². The predicted octanol–water partition coefficient (Wildman–Crippen LogP) is 5.03. The molecule has 0 unspecified atom stereocenters. The Bertz CT molecular complexity index is 642. The van der Waals surface area contributed by atoms with Crippen LogP contribution in [0.25, 0.3) is 0 Å². The fourth-order valence-electron chi connectivity index (χ4n) is 2.05. The summed E-state index contributed by atoms with van der Waals surface area (Å²) in [6, 6.07) is 13.8. The highest BCUT2D eigenvalue weighted by molar-refractivity contribution is 14.1. The van der Waals surface area contributed by atoms with Gasteiger partial charge in [0.1, 0.15) is 0 Å². The smallest absolute Gasteiger partial charge is 0.259 e. The van der Waals surface area contributed by atoms with Gasteiger partial charge in [-0.2, -0.15) is 0 Å². The molecule has 0 bridgehead atoms. The molecule has 2 rings (SSSR count). The molecule has 0 fully saturated rings. The van der Waals surface area contributed by atoms with Crippen molar-refractivity contribution in [2.45, 2.75) is 13.8 Å². The first-order valence-corrected chi connectivity index (χ1v) is 8.23. The number of carbonyl (C=O) groups is 1. The lowest BCUT2D eigenvalue weighted by molar-refractivity contribution is 0.0987. The Morgan fingerprint density at radius 2 is 2.00 bits per heavy atom. The standard InChI is InChI=1S/C16H15BrINO/c1-3-19(13-6-4-5-11(2)9-13)16(20)14-10-12(18)7-8-15(14)17/h4-10H,3H2,1-2H3. The Balaban J connectivity index is 2.41. The van der Waals surface area contributed by atoms with E-state index < -0.39 is 0 Å². The van der Waals surface area contributed by atoms with E-state index in [-0.39, 0.29) is 5.91 Å². The Morgan fingerprint density at radius 1 is 1.25 bits per heavy atom. The van der Waals surface area contributed by atoms with E-state index in [1.807, 2.05) is 56.3 Å². The van der Waals surface area contributed by atoms with Gasteiger partial charge in [-0.25, -0.2) is 0 Å². The lowest BCUT2D eigenvalue weighted by Crippen LogP contribution is -2.31. The van der Waals surface area contributed by atoms with Gasteiger partial charge in [0.25, 0.3) is 5.91 Å². The summed E-state index contributed by atoms with van der Waals surface area (Å²) >= 11 is 5.68. The molecule has 104 valence electrons. The molecule has 0 saturated carbocycles. The fraction of sp³-hybridized carbons (Fsp3) is 0.188. The van der Waals surface area contributed by atoms with Crippen LogP contribution in [0.15, 0.2) is 46.9 Å². The van der Waals surface area contributed by atoms with Crippen molar-refractivity contribution < 1.29 is 4.79 Å². The van der Waals surface area contributed by atoms with Gasteiger partial charge >= 0.3 is 0 Å². The van der Waals surface area contributed by atoms with Crippen molar-refractivity contribution in [1.82, 2.24) is 0 Å². The summed E-state index contributed by atoms with van der Waals surface area (Å²) < 4.78 is 1.88. The molecule has 0 saturated heterocycles. The minimum Gasteiger partial charge on any atom is -0.309 e. The van der Waals surface area contributed by atoms with Gasteiger partial charge in [-0.1, -0.05) is 12.1 Å². The van der Waals surface area contributed by atoms with Gasteiger partial charge < -0.3 is 4.90 Å². The molecule has 4 heteroatoms. The fourth-order valence-corrected chi connectivity index (χ4v) is 2.95. The van der Waals surface area contributed by atoms with E-state index in [1.165, 1.54) is 0 Å². The van der Waals surface area contributed by atoms with E-state index in [0.717, 1.165) is 19.3 Å². The molecule has 0 aliphatic heterocycles. The number of rotatable bonds is 3. The third-order valence-electron chi connectivity index (χ3n) is 3.03. The second-order valence-corrected chi connectivity index (χ2v) is 6.61. The quantitative estimate of drug-likeness (QED) is 0.609. The molecule has 2 aromatic carbocycles. The summed E-state index contributed by atoms with van der Waals surface area (Å²) in [5.74, 6) is 0.0171. The summed E-state index contributed by atoms with van der Waals surface area (Å²) in [6.07, 6.45) is 0. The number of hydrogen-bond acceptors (Lipinski definition) is 1. The van der Waals surface area contributed by atoms with Crippen LogP contribution in [0.3, 0.4) is 0 Å². The second-order valence-electron chi connectivity index (χ2n) is 4.51. The van der Waals surface area contributed by atoms with Crippen molar-refractivity contribution in [2.75, 3.05) is 11.4 Å². The monoisotopic (exact) mass is 443 g/mol. The molecule has 0 aliphatic rings. The summed E-state index contributed by atoms with van der Waals surface area (Å²) in [4.78, 5) is 14.5. The van der Waals surface area contributed by atoms with Crippen LogP contribution >= 0.6 is 38.5 Å².